The van der Waals surface area contributed by atoms with Gasteiger partial charge in [0.15, 0.2) is 11.6 Å². The maximum Gasteiger partial charge on any atom is 0.225 e. The molecule has 0 saturated heterocycles. The molecule has 120 valence electrons. The molecule has 0 saturated carbocycles. The van der Waals surface area contributed by atoms with Crippen molar-refractivity contribution in [2.75, 3.05) is 5.32 Å². The average molecular weight is 388 g/mol. The van der Waals surface area contributed by atoms with Gasteiger partial charge in [0, 0.05) is 22.2 Å². The number of carbonyl (C=O) groups excluding carboxylic acids is 1. The van der Waals surface area contributed by atoms with Gasteiger partial charge in [-0.25, -0.2) is 8.78 Å². The summed E-state index contributed by atoms with van der Waals surface area (Å²) in [4.78, 5) is 12.2. The van der Waals surface area contributed by atoms with Crippen LogP contribution in [0.15, 0.2) is 53.0 Å². The fourth-order valence-corrected chi connectivity index (χ4v) is 3.87. The number of hydrogen-bond donors (Lipinski definition) is 1. The van der Waals surface area contributed by atoms with Gasteiger partial charge in [-0.15, -0.1) is 0 Å². The first-order valence-corrected chi connectivity index (χ1v) is 8.30. The zero-order valence-corrected chi connectivity index (χ0v) is 14.0. The SMILES string of the molecule is O=C1C[C@H](c2ccc(F)c(F)c2)c2cc(Br)c3ccccc3c2N1. The van der Waals surface area contributed by atoms with Gasteiger partial charge in [0.1, 0.15) is 0 Å². The number of anilines is 1. The van der Waals surface area contributed by atoms with E-state index in [1.807, 2.05) is 30.3 Å². The topological polar surface area (TPSA) is 29.1 Å². The van der Waals surface area contributed by atoms with Crippen LogP contribution in [-0.4, -0.2) is 5.91 Å². The van der Waals surface area contributed by atoms with E-state index in [-0.39, 0.29) is 18.2 Å². The van der Waals surface area contributed by atoms with E-state index >= 15 is 0 Å². The number of fused-ring (bicyclic) bond motifs is 3. The van der Waals surface area contributed by atoms with E-state index in [9.17, 15) is 13.6 Å². The lowest BCUT2D eigenvalue weighted by molar-refractivity contribution is -0.116. The van der Waals surface area contributed by atoms with Crippen LogP contribution in [0, 0.1) is 11.6 Å². The van der Waals surface area contributed by atoms with Crippen LogP contribution in [0.5, 0.6) is 0 Å². The fourth-order valence-electron chi connectivity index (χ4n) is 3.28. The van der Waals surface area contributed by atoms with Gasteiger partial charge in [-0.1, -0.05) is 46.3 Å². The second kappa shape index (κ2) is 5.67. The molecule has 1 N–H and O–H groups in total. The number of carbonyl (C=O) groups is 1. The van der Waals surface area contributed by atoms with E-state index in [0.29, 0.717) is 5.56 Å². The van der Waals surface area contributed by atoms with Crippen LogP contribution in [-0.2, 0) is 4.79 Å². The summed E-state index contributed by atoms with van der Waals surface area (Å²) in [5.41, 5.74) is 2.22. The number of halogens is 3. The standard InChI is InChI=1S/C19H12BrF2NO/c20-15-8-14-13(10-5-6-16(21)17(22)7-10)9-18(24)23-19(14)12-4-2-1-3-11(12)15/h1-8,13H,9H2,(H,23,24)/t13-/m1/s1. The zero-order valence-electron chi connectivity index (χ0n) is 12.4. The molecule has 0 bridgehead atoms. The predicted octanol–water partition coefficient (Wildman–Crippen LogP) is 5.35. The quantitative estimate of drug-likeness (QED) is 0.598. The molecular weight excluding hydrogens is 376 g/mol. The van der Waals surface area contributed by atoms with Crippen molar-refractivity contribution in [3.05, 3.63) is 75.8 Å². The average Bonchev–Trinajstić information content (AvgIpc) is 2.58. The molecule has 0 aliphatic carbocycles. The molecule has 3 aromatic rings. The molecule has 0 radical (unpaired) electrons. The highest BCUT2D eigenvalue weighted by molar-refractivity contribution is 9.10. The molecule has 1 atom stereocenters. The second-order valence-electron chi connectivity index (χ2n) is 5.85. The molecule has 4 rings (SSSR count). The molecule has 0 fully saturated rings. The molecule has 1 aliphatic heterocycles. The molecule has 24 heavy (non-hydrogen) atoms. The molecule has 5 heteroatoms. The Morgan fingerprint density at radius 1 is 1.00 bits per heavy atom. The Hall–Kier alpha value is -2.27. The minimum absolute atomic E-state index is 0.135. The number of benzene rings is 3. The molecule has 2 nitrogen and oxygen atoms in total. The fraction of sp³-hybridized carbons (Fsp3) is 0.105. The van der Waals surface area contributed by atoms with Crippen molar-refractivity contribution < 1.29 is 13.6 Å². The van der Waals surface area contributed by atoms with Crippen molar-refractivity contribution >= 4 is 38.3 Å². The third-order valence-electron chi connectivity index (χ3n) is 4.40. The zero-order chi connectivity index (χ0) is 16.8. The normalized spacial score (nSPS) is 16.8. The summed E-state index contributed by atoms with van der Waals surface area (Å²) in [5.74, 6) is -2.24. The van der Waals surface area contributed by atoms with E-state index in [1.165, 1.54) is 12.1 Å². The highest BCUT2D eigenvalue weighted by Gasteiger charge is 2.29. The Morgan fingerprint density at radius 2 is 1.75 bits per heavy atom. The van der Waals surface area contributed by atoms with Gasteiger partial charge in [0.2, 0.25) is 5.91 Å². The highest BCUT2D eigenvalue weighted by Crippen LogP contribution is 2.43. The predicted molar refractivity (Wildman–Crippen MR) is 93.1 cm³/mol. The van der Waals surface area contributed by atoms with E-state index < -0.39 is 11.6 Å². The summed E-state index contributed by atoms with van der Waals surface area (Å²) in [7, 11) is 0. The van der Waals surface area contributed by atoms with Crippen LogP contribution in [0.4, 0.5) is 14.5 Å². The van der Waals surface area contributed by atoms with Crippen LogP contribution in [0.1, 0.15) is 23.5 Å². The monoisotopic (exact) mass is 387 g/mol. The summed E-state index contributed by atoms with van der Waals surface area (Å²) >= 11 is 3.57. The van der Waals surface area contributed by atoms with Gasteiger partial charge in [-0.3, -0.25) is 4.79 Å². The molecule has 1 aliphatic rings. The largest absolute Gasteiger partial charge is 0.325 e. The molecule has 1 heterocycles. The Labute approximate surface area is 145 Å². The third kappa shape index (κ3) is 2.40. The highest BCUT2D eigenvalue weighted by atomic mass is 79.9. The molecule has 3 aromatic carbocycles. The summed E-state index contributed by atoms with van der Waals surface area (Å²) < 4.78 is 27.8. The van der Waals surface area contributed by atoms with Gasteiger partial charge in [0.05, 0.1) is 5.69 Å². The van der Waals surface area contributed by atoms with Crippen molar-refractivity contribution in [1.82, 2.24) is 0 Å². The Kier molecular flexibility index (Phi) is 3.61. The van der Waals surface area contributed by atoms with Gasteiger partial charge in [-0.05, 0) is 34.7 Å². The van der Waals surface area contributed by atoms with Crippen LogP contribution in [0.2, 0.25) is 0 Å². The first-order chi connectivity index (χ1) is 11.5. The van der Waals surface area contributed by atoms with Crippen molar-refractivity contribution in [3.8, 4) is 0 Å². The number of nitrogens with one attached hydrogen (secondary N) is 1. The van der Waals surface area contributed by atoms with Crippen molar-refractivity contribution in [2.45, 2.75) is 12.3 Å². The maximum absolute atomic E-state index is 13.7. The number of hydrogen-bond acceptors (Lipinski definition) is 1. The molecule has 0 unspecified atom stereocenters. The Balaban J connectivity index is 1.97. The van der Waals surface area contributed by atoms with Gasteiger partial charge < -0.3 is 5.32 Å². The minimum atomic E-state index is -0.903. The molecule has 1 amide bonds. The molecular formula is C19H12BrF2NO. The summed E-state index contributed by atoms with van der Waals surface area (Å²) in [6.07, 6.45) is 0.197. The van der Waals surface area contributed by atoms with Crippen LogP contribution >= 0.6 is 15.9 Å². The summed E-state index contributed by atoms with van der Waals surface area (Å²) in [5, 5.41) is 4.84. The molecule has 0 spiro atoms. The van der Waals surface area contributed by atoms with Gasteiger partial charge in [0.25, 0.3) is 0 Å². The van der Waals surface area contributed by atoms with Crippen LogP contribution in [0.3, 0.4) is 0 Å². The third-order valence-corrected chi connectivity index (χ3v) is 5.06. The Bertz CT molecular complexity index is 987. The van der Waals surface area contributed by atoms with E-state index in [2.05, 4.69) is 21.2 Å². The summed E-state index contributed by atoms with van der Waals surface area (Å²) in [6.45, 7) is 0. The first-order valence-electron chi connectivity index (χ1n) is 7.50. The molecule has 0 aromatic heterocycles. The second-order valence-corrected chi connectivity index (χ2v) is 6.70. The van der Waals surface area contributed by atoms with Gasteiger partial charge >= 0.3 is 0 Å². The number of rotatable bonds is 1. The summed E-state index contributed by atoms with van der Waals surface area (Å²) in [6, 6.07) is 13.5. The Morgan fingerprint density at radius 3 is 2.50 bits per heavy atom. The maximum atomic E-state index is 13.7. The number of amides is 1. The first kappa shape index (κ1) is 15.3. The van der Waals surface area contributed by atoms with Crippen LogP contribution < -0.4 is 5.32 Å². The van der Waals surface area contributed by atoms with Crippen molar-refractivity contribution in [3.63, 3.8) is 0 Å². The smallest absolute Gasteiger partial charge is 0.225 e. The van der Waals surface area contributed by atoms with Crippen molar-refractivity contribution in [2.24, 2.45) is 0 Å². The lowest BCUT2D eigenvalue weighted by atomic mass is 9.83. The van der Waals surface area contributed by atoms with Crippen molar-refractivity contribution in [1.29, 1.82) is 0 Å². The van der Waals surface area contributed by atoms with Gasteiger partial charge in [-0.2, -0.15) is 0 Å². The lowest BCUT2D eigenvalue weighted by Gasteiger charge is -2.28. The van der Waals surface area contributed by atoms with E-state index in [1.54, 1.807) is 0 Å². The lowest BCUT2D eigenvalue weighted by Crippen LogP contribution is -2.24. The van der Waals surface area contributed by atoms with E-state index in [4.69, 9.17) is 0 Å². The van der Waals surface area contributed by atoms with Crippen LogP contribution in [0.25, 0.3) is 10.8 Å². The minimum Gasteiger partial charge on any atom is -0.325 e. The van der Waals surface area contributed by atoms with E-state index in [0.717, 1.165) is 32.6 Å².